The second kappa shape index (κ2) is 6.22. The van der Waals surface area contributed by atoms with Gasteiger partial charge in [0, 0.05) is 6.08 Å². The maximum atomic E-state index is 13.6. The Hall–Kier alpha value is -2.62. The van der Waals surface area contributed by atoms with Crippen molar-refractivity contribution in [1.29, 1.82) is 0 Å². The lowest BCUT2D eigenvalue weighted by atomic mass is 10.1. The van der Waals surface area contributed by atoms with Gasteiger partial charge in [-0.25, -0.2) is 9.18 Å². The largest absolute Gasteiger partial charge is 0.478 e. The average molecular weight is 286 g/mol. The van der Waals surface area contributed by atoms with Crippen LogP contribution >= 0.6 is 0 Å². The van der Waals surface area contributed by atoms with E-state index in [2.05, 4.69) is 0 Å². The number of carboxylic acid groups (broad SMARTS) is 1. The van der Waals surface area contributed by atoms with E-state index in [1.807, 2.05) is 13.8 Å². The van der Waals surface area contributed by atoms with Crippen LogP contribution in [-0.4, -0.2) is 11.1 Å². The highest BCUT2D eigenvalue weighted by Gasteiger charge is 2.06. The van der Waals surface area contributed by atoms with Crippen molar-refractivity contribution in [2.45, 2.75) is 13.8 Å². The summed E-state index contributed by atoms with van der Waals surface area (Å²) >= 11 is 0. The van der Waals surface area contributed by atoms with Gasteiger partial charge in [-0.15, -0.1) is 0 Å². The zero-order valence-electron chi connectivity index (χ0n) is 11.8. The summed E-state index contributed by atoms with van der Waals surface area (Å²) in [4.78, 5) is 10.5. The highest BCUT2D eigenvalue weighted by atomic mass is 19.1. The summed E-state index contributed by atoms with van der Waals surface area (Å²) < 4.78 is 19.2. The number of hydrogen-bond donors (Lipinski definition) is 1. The molecule has 0 aliphatic heterocycles. The Morgan fingerprint density at radius 1 is 1.19 bits per heavy atom. The number of rotatable bonds is 4. The van der Waals surface area contributed by atoms with Crippen LogP contribution in [0.25, 0.3) is 6.08 Å². The van der Waals surface area contributed by atoms with Crippen molar-refractivity contribution < 1.29 is 19.0 Å². The molecule has 0 aliphatic carbocycles. The van der Waals surface area contributed by atoms with Gasteiger partial charge in [0.15, 0.2) is 11.6 Å². The minimum atomic E-state index is -1.00. The van der Waals surface area contributed by atoms with Gasteiger partial charge in [-0.3, -0.25) is 0 Å². The van der Waals surface area contributed by atoms with Crippen molar-refractivity contribution in [2.24, 2.45) is 0 Å². The topological polar surface area (TPSA) is 46.5 Å². The van der Waals surface area contributed by atoms with E-state index in [-0.39, 0.29) is 5.75 Å². The number of aliphatic carboxylic acids is 1. The molecule has 0 fully saturated rings. The Labute approximate surface area is 122 Å². The van der Waals surface area contributed by atoms with Crippen LogP contribution < -0.4 is 4.74 Å². The van der Waals surface area contributed by atoms with Crippen molar-refractivity contribution in [3.8, 4) is 11.5 Å². The summed E-state index contributed by atoms with van der Waals surface area (Å²) in [7, 11) is 0. The van der Waals surface area contributed by atoms with Gasteiger partial charge in [0.1, 0.15) is 5.75 Å². The summed E-state index contributed by atoms with van der Waals surface area (Å²) in [6.45, 7) is 3.69. The molecule has 4 heteroatoms. The lowest BCUT2D eigenvalue weighted by molar-refractivity contribution is -0.131. The SMILES string of the molecule is Cc1ccc(F)c(Oc2ccc(C=CC(=O)O)c(C)c2)c1. The maximum absolute atomic E-state index is 13.6. The van der Waals surface area contributed by atoms with Crippen LogP contribution in [0.2, 0.25) is 0 Å². The van der Waals surface area contributed by atoms with Crippen molar-refractivity contribution in [3.63, 3.8) is 0 Å². The number of hydrogen-bond acceptors (Lipinski definition) is 2. The molecule has 2 aromatic carbocycles. The summed E-state index contributed by atoms with van der Waals surface area (Å²) in [5.41, 5.74) is 2.52. The second-order valence-corrected chi connectivity index (χ2v) is 4.73. The molecule has 21 heavy (non-hydrogen) atoms. The van der Waals surface area contributed by atoms with Gasteiger partial charge in [-0.2, -0.15) is 0 Å². The Morgan fingerprint density at radius 2 is 1.95 bits per heavy atom. The quantitative estimate of drug-likeness (QED) is 0.851. The molecule has 0 aromatic heterocycles. The van der Waals surface area contributed by atoms with Crippen molar-refractivity contribution in [2.75, 3.05) is 0 Å². The van der Waals surface area contributed by atoms with Crippen LogP contribution in [0, 0.1) is 19.7 Å². The van der Waals surface area contributed by atoms with E-state index in [1.54, 1.807) is 30.3 Å². The molecule has 0 unspecified atom stereocenters. The van der Waals surface area contributed by atoms with Gasteiger partial charge in [0.2, 0.25) is 0 Å². The van der Waals surface area contributed by atoms with Gasteiger partial charge in [-0.1, -0.05) is 12.1 Å². The van der Waals surface area contributed by atoms with Gasteiger partial charge in [-0.05, 0) is 60.9 Å². The van der Waals surface area contributed by atoms with E-state index in [9.17, 15) is 9.18 Å². The summed E-state index contributed by atoms with van der Waals surface area (Å²) in [5.74, 6) is -0.752. The molecule has 0 atom stereocenters. The van der Waals surface area contributed by atoms with Gasteiger partial charge < -0.3 is 9.84 Å². The standard InChI is InChI=1S/C17H15FO3/c1-11-3-7-15(18)16(9-11)21-14-6-4-13(12(2)10-14)5-8-17(19)20/h3-10H,1-2H3,(H,19,20). The van der Waals surface area contributed by atoms with E-state index in [1.165, 1.54) is 12.1 Å². The molecule has 0 saturated carbocycles. The van der Waals surface area contributed by atoms with Gasteiger partial charge >= 0.3 is 5.97 Å². The molecule has 108 valence electrons. The van der Waals surface area contributed by atoms with Crippen LogP contribution in [-0.2, 0) is 4.79 Å². The van der Waals surface area contributed by atoms with Crippen LogP contribution in [0.3, 0.4) is 0 Å². The fraction of sp³-hybridized carbons (Fsp3) is 0.118. The molecular formula is C17H15FO3. The highest BCUT2D eigenvalue weighted by molar-refractivity contribution is 5.85. The smallest absolute Gasteiger partial charge is 0.328 e. The van der Waals surface area contributed by atoms with E-state index < -0.39 is 11.8 Å². The second-order valence-electron chi connectivity index (χ2n) is 4.73. The summed E-state index contributed by atoms with van der Waals surface area (Å²) in [5, 5.41) is 8.62. The van der Waals surface area contributed by atoms with E-state index >= 15 is 0 Å². The monoisotopic (exact) mass is 286 g/mol. The Balaban J connectivity index is 2.24. The predicted octanol–water partition coefficient (Wildman–Crippen LogP) is 4.33. The first kappa shape index (κ1) is 14.8. The maximum Gasteiger partial charge on any atom is 0.328 e. The first-order chi connectivity index (χ1) is 9.95. The van der Waals surface area contributed by atoms with Crippen LogP contribution in [0.5, 0.6) is 11.5 Å². The predicted molar refractivity (Wildman–Crippen MR) is 79.1 cm³/mol. The highest BCUT2D eigenvalue weighted by Crippen LogP contribution is 2.27. The first-order valence-corrected chi connectivity index (χ1v) is 6.41. The van der Waals surface area contributed by atoms with Crippen LogP contribution in [0.1, 0.15) is 16.7 Å². The third-order valence-corrected chi connectivity index (χ3v) is 2.96. The molecule has 0 heterocycles. The molecular weight excluding hydrogens is 271 g/mol. The third-order valence-electron chi connectivity index (χ3n) is 2.96. The van der Waals surface area contributed by atoms with E-state index in [0.717, 1.165) is 22.8 Å². The van der Waals surface area contributed by atoms with Crippen molar-refractivity contribution in [3.05, 3.63) is 65.0 Å². The van der Waals surface area contributed by atoms with E-state index in [4.69, 9.17) is 9.84 Å². The molecule has 0 amide bonds. The molecule has 0 aliphatic rings. The van der Waals surface area contributed by atoms with Crippen molar-refractivity contribution >= 4 is 12.0 Å². The van der Waals surface area contributed by atoms with Crippen molar-refractivity contribution in [1.82, 2.24) is 0 Å². The normalized spacial score (nSPS) is 10.8. The van der Waals surface area contributed by atoms with Gasteiger partial charge in [0.25, 0.3) is 0 Å². The molecule has 2 rings (SSSR count). The Morgan fingerprint density at radius 3 is 2.62 bits per heavy atom. The molecule has 0 spiro atoms. The Kier molecular flexibility index (Phi) is 4.38. The fourth-order valence-electron chi connectivity index (χ4n) is 1.88. The minimum Gasteiger partial charge on any atom is -0.478 e. The number of halogens is 1. The molecule has 0 bridgehead atoms. The number of aryl methyl sites for hydroxylation is 2. The third kappa shape index (κ3) is 3.92. The molecule has 0 radical (unpaired) electrons. The lowest BCUT2D eigenvalue weighted by Crippen LogP contribution is -1.91. The zero-order valence-corrected chi connectivity index (χ0v) is 11.8. The lowest BCUT2D eigenvalue weighted by Gasteiger charge is -2.09. The number of carbonyl (C=O) groups is 1. The molecule has 3 nitrogen and oxygen atoms in total. The average Bonchev–Trinajstić information content (AvgIpc) is 2.42. The van der Waals surface area contributed by atoms with Crippen LogP contribution in [0.4, 0.5) is 4.39 Å². The number of carboxylic acids is 1. The molecule has 0 saturated heterocycles. The molecule has 1 N–H and O–H groups in total. The first-order valence-electron chi connectivity index (χ1n) is 6.41. The van der Waals surface area contributed by atoms with E-state index in [0.29, 0.717) is 5.75 Å². The fourth-order valence-corrected chi connectivity index (χ4v) is 1.88. The number of ether oxygens (including phenoxy) is 1. The molecule has 2 aromatic rings. The minimum absolute atomic E-state index is 0.170. The summed E-state index contributed by atoms with van der Waals surface area (Å²) in [6.07, 6.45) is 2.58. The van der Waals surface area contributed by atoms with Crippen LogP contribution in [0.15, 0.2) is 42.5 Å². The zero-order chi connectivity index (χ0) is 15.4. The number of benzene rings is 2. The van der Waals surface area contributed by atoms with Gasteiger partial charge in [0.05, 0.1) is 0 Å². The Bertz CT molecular complexity index is 705. The summed E-state index contributed by atoms with van der Waals surface area (Å²) in [6, 6.07) is 9.81.